The molecule has 0 bridgehead atoms. The Hall–Kier alpha value is -1.98. The molecule has 1 atom stereocenters. The fourth-order valence-corrected chi connectivity index (χ4v) is 5.53. The Balaban J connectivity index is 2.54. The summed E-state index contributed by atoms with van der Waals surface area (Å²) in [6, 6.07) is 4.24. The molecule has 11 heteroatoms. The van der Waals surface area contributed by atoms with Gasteiger partial charge in [0.2, 0.25) is 0 Å². The summed E-state index contributed by atoms with van der Waals surface area (Å²) in [5.74, 6) is -1.86. The molecule has 0 heterocycles. The molecule has 0 fully saturated rings. The lowest BCUT2D eigenvalue weighted by atomic mass is 10.2. The maximum atomic E-state index is 14.7. The van der Waals surface area contributed by atoms with Crippen LogP contribution < -0.4 is 4.31 Å². The molecular formula is C22H28F5NO3SSi. The topological polar surface area (TPSA) is 46.6 Å². The number of alkyl halides is 3. The van der Waals surface area contributed by atoms with E-state index in [0.29, 0.717) is 16.4 Å². The van der Waals surface area contributed by atoms with Gasteiger partial charge in [-0.15, -0.1) is 0 Å². The first-order valence-corrected chi connectivity index (χ1v) is 14.5. The van der Waals surface area contributed by atoms with Crippen LogP contribution in [0.25, 0.3) is 0 Å². The normalized spacial score (nSPS) is 14.3. The molecule has 184 valence electrons. The Morgan fingerprint density at radius 2 is 1.55 bits per heavy atom. The zero-order valence-corrected chi connectivity index (χ0v) is 21.1. The predicted octanol–water partition coefficient (Wildman–Crippen LogP) is 6.59. The van der Waals surface area contributed by atoms with E-state index in [2.05, 4.69) is 0 Å². The van der Waals surface area contributed by atoms with Crippen LogP contribution in [0.5, 0.6) is 0 Å². The molecule has 0 saturated carbocycles. The van der Waals surface area contributed by atoms with E-state index in [0.717, 1.165) is 30.3 Å². The van der Waals surface area contributed by atoms with Gasteiger partial charge in [0, 0.05) is 6.07 Å². The molecule has 0 unspecified atom stereocenters. The zero-order chi connectivity index (χ0) is 25.4. The van der Waals surface area contributed by atoms with Crippen LogP contribution in [-0.4, -0.2) is 29.4 Å². The summed E-state index contributed by atoms with van der Waals surface area (Å²) < 4.78 is 101. The summed E-state index contributed by atoms with van der Waals surface area (Å²) in [7, 11) is -6.88. The molecule has 4 nitrogen and oxygen atoms in total. The van der Waals surface area contributed by atoms with Crippen molar-refractivity contribution in [1.82, 2.24) is 0 Å². The third-order valence-electron chi connectivity index (χ3n) is 5.78. The summed E-state index contributed by atoms with van der Waals surface area (Å²) in [6.45, 7) is 11.2. The highest BCUT2D eigenvalue weighted by atomic mass is 32.2. The van der Waals surface area contributed by atoms with Gasteiger partial charge in [-0.1, -0.05) is 20.8 Å². The highest BCUT2D eigenvalue weighted by Crippen LogP contribution is 2.38. The van der Waals surface area contributed by atoms with Crippen molar-refractivity contribution in [3.05, 3.63) is 59.7 Å². The lowest BCUT2D eigenvalue weighted by Gasteiger charge is -2.38. The molecule has 2 rings (SSSR count). The molecule has 0 spiro atoms. The van der Waals surface area contributed by atoms with Gasteiger partial charge in [0.25, 0.3) is 10.0 Å². The Morgan fingerprint density at radius 3 is 2.03 bits per heavy atom. The fraction of sp³-hybridized carbons (Fsp3) is 0.455. The van der Waals surface area contributed by atoms with Gasteiger partial charge in [-0.25, -0.2) is 17.2 Å². The first-order valence-electron chi connectivity index (χ1n) is 10.2. The van der Waals surface area contributed by atoms with Gasteiger partial charge in [0.1, 0.15) is 11.6 Å². The van der Waals surface area contributed by atoms with Gasteiger partial charge in [-0.3, -0.25) is 4.31 Å². The van der Waals surface area contributed by atoms with Gasteiger partial charge < -0.3 is 4.43 Å². The van der Waals surface area contributed by atoms with E-state index in [1.54, 1.807) is 0 Å². The van der Waals surface area contributed by atoms with Crippen molar-refractivity contribution in [3.8, 4) is 0 Å². The Bertz CT molecular complexity index is 1080. The maximum absolute atomic E-state index is 14.7. The summed E-state index contributed by atoms with van der Waals surface area (Å²) in [5, 5.41) is -0.187. The Kier molecular flexibility index (Phi) is 7.72. The maximum Gasteiger partial charge on any atom is 0.416 e. The first-order chi connectivity index (χ1) is 14.9. The molecule has 0 aliphatic heterocycles. The molecule has 2 aromatic rings. The van der Waals surface area contributed by atoms with E-state index in [9.17, 15) is 30.4 Å². The number of benzene rings is 2. The molecule has 0 N–H and O–H groups in total. The standard InChI is InChI=1S/C22H28F5NO3SSi/c1-15(14-31-33(5,6)21(2,3)4)28(20-13-17(23)9-12-19(20)24)32(29,30)18-10-7-16(8-11-18)22(25,26)27/h7-13,15H,14H2,1-6H3/t15-/m1/s1. The monoisotopic (exact) mass is 509 g/mol. The Morgan fingerprint density at radius 1 is 1.00 bits per heavy atom. The van der Waals surface area contributed by atoms with Crippen LogP contribution in [0.1, 0.15) is 33.3 Å². The minimum Gasteiger partial charge on any atom is -0.415 e. The summed E-state index contributed by atoms with van der Waals surface area (Å²) in [5.41, 5.74) is -1.58. The molecule has 0 saturated heterocycles. The van der Waals surface area contributed by atoms with E-state index in [1.807, 2.05) is 33.9 Å². The fourth-order valence-electron chi connectivity index (χ4n) is 2.80. The molecular weight excluding hydrogens is 481 g/mol. The first kappa shape index (κ1) is 27.3. The smallest absolute Gasteiger partial charge is 0.415 e. The second kappa shape index (κ2) is 9.34. The number of nitrogens with zero attached hydrogens (tertiary/aromatic N) is 1. The van der Waals surface area contributed by atoms with Crippen molar-refractivity contribution < 1.29 is 34.8 Å². The van der Waals surface area contributed by atoms with Crippen molar-refractivity contribution in [3.63, 3.8) is 0 Å². The highest BCUT2D eigenvalue weighted by Gasteiger charge is 2.39. The Labute approximate surface area is 192 Å². The minimum atomic E-state index is -4.65. The number of halogens is 5. The minimum absolute atomic E-state index is 0.119. The van der Waals surface area contributed by atoms with E-state index < -0.39 is 58.3 Å². The van der Waals surface area contributed by atoms with E-state index >= 15 is 0 Å². The molecule has 0 radical (unpaired) electrons. The summed E-state index contributed by atoms with van der Waals surface area (Å²) in [6.07, 6.45) is -4.65. The van der Waals surface area contributed by atoms with E-state index in [4.69, 9.17) is 4.43 Å². The van der Waals surface area contributed by atoms with Crippen LogP contribution in [0.15, 0.2) is 47.4 Å². The van der Waals surface area contributed by atoms with Crippen molar-refractivity contribution in [1.29, 1.82) is 0 Å². The second-order valence-corrected chi connectivity index (χ2v) is 16.0. The average Bonchev–Trinajstić information content (AvgIpc) is 2.67. The molecule has 0 aliphatic carbocycles. The van der Waals surface area contributed by atoms with Gasteiger partial charge in [0.05, 0.1) is 28.8 Å². The van der Waals surface area contributed by atoms with Crippen LogP contribution in [0, 0.1) is 11.6 Å². The molecule has 0 amide bonds. The van der Waals surface area contributed by atoms with Gasteiger partial charge >= 0.3 is 6.18 Å². The summed E-state index contributed by atoms with van der Waals surface area (Å²) >= 11 is 0. The number of rotatable bonds is 7. The van der Waals surface area contributed by atoms with Crippen molar-refractivity contribution in [2.24, 2.45) is 0 Å². The second-order valence-electron chi connectivity index (χ2n) is 9.34. The average molecular weight is 510 g/mol. The molecule has 0 aromatic heterocycles. The number of sulfonamides is 1. The predicted molar refractivity (Wildman–Crippen MR) is 120 cm³/mol. The molecule has 0 aliphatic rings. The van der Waals surface area contributed by atoms with E-state index in [-0.39, 0.29) is 11.6 Å². The van der Waals surface area contributed by atoms with Crippen LogP contribution in [0.4, 0.5) is 27.6 Å². The third-order valence-corrected chi connectivity index (χ3v) is 12.2. The van der Waals surface area contributed by atoms with Crippen LogP contribution >= 0.6 is 0 Å². The quantitative estimate of drug-likeness (QED) is 0.313. The number of hydrogen-bond acceptors (Lipinski definition) is 3. The van der Waals surface area contributed by atoms with Gasteiger partial charge in [-0.05, 0) is 61.5 Å². The number of hydrogen-bond donors (Lipinski definition) is 0. The highest BCUT2D eigenvalue weighted by molar-refractivity contribution is 7.92. The van der Waals surface area contributed by atoms with Crippen molar-refractivity contribution in [2.45, 2.75) is 62.9 Å². The van der Waals surface area contributed by atoms with Crippen LogP contribution in [0.3, 0.4) is 0 Å². The lowest BCUT2D eigenvalue weighted by Crippen LogP contribution is -2.47. The van der Waals surface area contributed by atoms with Crippen molar-refractivity contribution in [2.75, 3.05) is 10.9 Å². The number of anilines is 1. The summed E-state index contributed by atoms with van der Waals surface area (Å²) in [4.78, 5) is -0.488. The van der Waals surface area contributed by atoms with Crippen LogP contribution in [-0.2, 0) is 20.6 Å². The van der Waals surface area contributed by atoms with E-state index in [1.165, 1.54) is 6.92 Å². The third kappa shape index (κ3) is 6.13. The van der Waals surface area contributed by atoms with Gasteiger partial charge in [-0.2, -0.15) is 13.2 Å². The van der Waals surface area contributed by atoms with Crippen molar-refractivity contribution >= 4 is 24.0 Å². The largest absolute Gasteiger partial charge is 0.416 e. The lowest BCUT2D eigenvalue weighted by molar-refractivity contribution is -0.137. The van der Waals surface area contributed by atoms with Crippen LogP contribution in [0.2, 0.25) is 18.1 Å². The SMILES string of the molecule is C[C@H](CO[Si](C)(C)C(C)(C)C)N(c1cc(F)ccc1F)S(=O)(=O)c1ccc(C(F)(F)F)cc1. The van der Waals surface area contributed by atoms with Gasteiger partial charge in [0.15, 0.2) is 8.32 Å². The molecule has 2 aromatic carbocycles. The molecule has 33 heavy (non-hydrogen) atoms. The zero-order valence-electron chi connectivity index (χ0n) is 19.3.